The number of rotatable bonds is 4. The number of nitrogens with one attached hydrogen (secondary N) is 2. The maximum Gasteiger partial charge on any atom is 0.344 e. The summed E-state index contributed by atoms with van der Waals surface area (Å²) < 4.78 is 1.19. The molecule has 0 radical (unpaired) electrons. The Morgan fingerprint density at radius 3 is 2.62 bits per heavy atom. The summed E-state index contributed by atoms with van der Waals surface area (Å²) in [5.74, 6) is -0.603. The van der Waals surface area contributed by atoms with E-state index in [4.69, 9.17) is 0 Å². The number of thiophene rings is 1. The number of nitrogens with zero attached hydrogens (tertiary/aromatic N) is 3. The van der Waals surface area contributed by atoms with Crippen molar-refractivity contribution in [3.8, 4) is 11.1 Å². The Bertz CT molecular complexity index is 1350. The number of aryl methyl sites for hydroxylation is 1. The summed E-state index contributed by atoms with van der Waals surface area (Å²) in [5, 5.41) is 5.83. The van der Waals surface area contributed by atoms with Crippen molar-refractivity contribution in [1.82, 2.24) is 25.3 Å². The van der Waals surface area contributed by atoms with Gasteiger partial charge in [0.15, 0.2) is 0 Å². The molecule has 1 saturated heterocycles. The van der Waals surface area contributed by atoms with Gasteiger partial charge in [0.25, 0.3) is 17.4 Å². The molecule has 2 N–H and O–H groups in total. The molecule has 1 aliphatic carbocycles. The van der Waals surface area contributed by atoms with Crippen LogP contribution in [0, 0.1) is 12.8 Å². The predicted octanol–water partition coefficient (Wildman–Crippen LogP) is 2.97. The summed E-state index contributed by atoms with van der Waals surface area (Å²) in [4.78, 5) is 56.3. The van der Waals surface area contributed by atoms with Gasteiger partial charge in [-0.15, -0.1) is 11.3 Å². The van der Waals surface area contributed by atoms with Crippen molar-refractivity contribution in [3.05, 3.63) is 51.9 Å². The average Bonchev–Trinajstić information content (AvgIpc) is 3.34. The Labute approximate surface area is 199 Å². The molecule has 0 atom stereocenters. The zero-order valence-electron chi connectivity index (χ0n) is 19.0. The van der Waals surface area contributed by atoms with Gasteiger partial charge < -0.3 is 5.32 Å². The second-order valence-electron chi connectivity index (χ2n) is 9.24. The van der Waals surface area contributed by atoms with Gasteiger partial charge in [-0.05, 0) is 44.1 Å². The van der Waals surface area contributed by atoms with Gasteiger partial charge in [0.2, 0.25) is 0 Å². The third kappa shape index (κ3) is 3.77. The van der Waals surface area contributed by atoms with E-state index in [1.54, 1.807) is 0 Å². The van der Waals surface area contributed by atoms with Crippen LogP contribution >= 0.6 is 11.3 Å². The monoisotopic (exact) mass is 479 g/mol. The predicted molar refractivity (Wildman–Crippen MR) is 128 cm³/mol. The number of hydrogen-bond acceptors (Lipinski definition) is 6. The molecule has 3 heterocycles. The van der Waals surface area contributed by atoms with Gasteiger partial charge in [0.1, 0.15) is 16.9 Å². The zero-order chi connectivity index (χ0) is 24.0. The minimum atomic E-state index is -0.951. The zero-order valence-corrected chi connectivity index (χ0v) is 19.8. The van der Waals surface area contributed by atoms with E-state index in [0.29, 0.717) is 29.0 Å². The number of fused-ring (bicyclic) bond motifs is 1. The summed E-state index contributed by atoms with van der Waals surface area (Å²) in [6.45, 7) is 3.74. The van der Waals surface area contributed by atoms with Gasteiger partial charge in [-0.2, -0.15) is 5.01 Å². The van der Waals surface area contributed by atoms with Crippen molar-refractivity contribution < 1.29 is 14.4 Å². The summed E-state index contributed by atoms with van der Waals surface area (Å²) >= 11 is 1.36. The van der Waals surface area contributed by atoms with E-state index >= 15 is 0 Å². The van der Waals surface area contributed by atoms with Crippen molar-refractivity contribution in [2.24, 2.45) is 5.92 Å². The number of urea groups is 1. The smallest absolute Gasteiger partial charge is 0.322 e. The molecule has 2 aromatic heterocycles. The first-order valence-corrected chi connectivity index (χ1v) is 12.2. The standard InChI is InChI=1S/C24H25N5O4S/c1-14-3-5-16(6-4-14)17-12-34-20-19(17)21(31)28(13-25-20)11-18(30)27-29-22(32)24(26-23(29)33)9-7-15(2)8-10-24/h3-6,12-13,15H,7-11H2,1-2H3,(H,26,33)(H,27,30). The molecule has 1 aromatic carbocycles. The maximum absolute atomic E-state index is 13.2. The van der Waals surface area contributed by atoms with E-state index in [1.807, 2.05) is 36.6 Å². The fourth-order valence-corrected chi connectivity index (χ4v) is 5.56. The van der Waals surface area contributed by atoms with Crippen LogP contribution in [0.2, 0.25) is 0 Å². The third-order valence-electron chi connectivity index (χ3n) is 6.76. The lowest BCUT2D eigenvalue weighted by Gasteiger charge is -2.33. The molecule has 1 saturated carbocycles. The van der Waals surface area contributed by atoms with Crippen molar-refractivity contribution >= 4 is 39.4 Å². The molecule has 3 aromatic rings. The number of hydrazine groups is 1. The van der Waals surface area contributed by atoms with Crippen LogP contribution in [0.5, 0.6) is 0 Å². The Kier molecular flexibility index (Phi) is 5.47. The number of imide groups is 1. The summed E-state index contributed by atoms with van der Waals surface area (Å²) in [6.07, 6.45) is 4.07. The van der Waals surface area contributed by atoms with Crippen molar-refractivity contribution in [3.63, 3.8) is 0 Å². The number of carbonyl (C=O) groups is 3. The second-order valence-corrected chi connectivity index (χ2v) is 10.1. The average molecular weight is 480 g/mol. The Hall–Kier alpha value is -3.53. The Balaban J connectivity index is 1.36. The molecule has 5 rings (SSSR count). The molecule has 0 unspecified atom stereocenters. The lowest BCUT2D eigenvalue weighted by molar-refractivity contribution is -0.140. The van der Waals surface area contributed by atoms with Crippen molar-refractivity contribution in [2.45, 2.75) is 51.6 Å². The van der Waals surface area contributed by atoms with E-state index in [9.17, 15) is 19.2 Å². The molecule has 34 heavy (non-hydrogen) atoms. The maximum atomic E-state index is 13.2. The van der Waals surface area contributed by atoms with Gasteiger partial charge >= 0.3 is 6.03 Å². The molecule has 1 aliphatic heterocycles. The highest BCUT2D eigenvalue weighted by molar-refractivity contribution is 7.17. The van der Waals surface area contributed by atoms with Crippen LogP contribution in [0.3, 0.4) is 0 Å². The molecule has 176 valence electrons. The van der Waals surface area contributed by atoms with Crippen molar-refractivity contribution in [1.29, 1.82) is 0 Å². The highest BCUT2D eigenvalue weighted by atomic mass is 32.1. The fourth-order valence-electron chi connectivity index (χ4n) is 4.66. The molecule has 9 nitrogen and oxygen atoms in total. The fraction of sp³-hybridized carbons (Fsp3) is 0.375. The molecular weight excluding hydrogens is 454 g/mol. The number of amides is 4. The van der Waals surface area contributed by atoms with E-state index in [2.05, 4.69) is 22.7 Å². The molecule has 1 spiro atoms. The first kappa shape index (κ1) is 22.3. The molecule has 0 bridgehead atoms. The van der Waals surface area contributed by atoms with Crippen LogP contribution in [-0.2, 0) is 16.1 Å². The van der Waals surface area contributed by atoms with Gasteiger partial charge in [-0.25, -0.2) is 9.78 Å². The quantitative estimate of drug-likeness (QED) is 0.559. The SMILES string of the molecule is Cc1ccc(-c2csc3ncn(CC(=O)NN4C(=O)NC5(CCC(C)CC5)C4=O)c(=O)c23)cc1. The summed E-state index contributed by atoms with van der Waals surface area (Å²) in [6, 6.07) is 7.19. The Morgan fingerprint density at radius 2 is 1.91 bits per heavy atom. The van der Waals surface area contributed by atoms with E-state index in [1.165, 1.54) is 22.2 Å². The van der Waals surface area contributed by atoms with Gasteiger partial charge in [-0.3, -0.25) is 24.4 Å². The van der Waals surface area contributed by atoms with E-state index in [0.717, 1.165) is 34.5 Å². The van der Waals surface area contributed by atoms with Crippen LogP contribution in [0.25, 0.3) is 21.3 Å². The molecular formula is C24H25N5O4S. The largest absolute Gasteiger partial charge is 0.344 e. The van der Waals surface area contributed by atoms with E-state index in [-0.39, 0.29) is 12.1 Å². The lowest BCUT2D eigenvalue weighted by atomic mass is 9.77. The molecule has 10 heteroatoms. The van der Waals surface area contributed by atoms with Crippen LogP contribution in [0.1, 0.15) is 38.2 Å². The van der Waals surface area contributed by atoms with Gasteiger partial charge in [0, 0.05) is 10.9 Å². The molecule has 2 fully saturated rings. The number of hydrogen-bond donors (Lipinski definition) is 2. The topological polar surface area (TPSA) is 113 Å². The molecule has 4 amide bonds. The summed E-state index contributed by atoms with van der Waals surface area (Å²) in [5.41, 5.74) is 3.84. The van der Waals surface area contributed by atoms with Gasteiger partial charge in [0.05, 0.1) is 11.7 Å². The van der Waals surface area contributed by atoms with Crippen LogP contribution in [0.15, 0.2) is 40.8 Å². The number of carbonyl (C=O) groups excluding carboxylic acids is 3. The summed E-state index contributed by atoms with van der Waals surface area (Å²) in [7, 11) is 0. The van der Waals surface area contributed by atoms with E-state index < -0.39 is 23.4 Å². The van der Waals surface area contributed by atoms with Crippen molar-refractivity contribution in [2.75, 3.05) is 0 Å². The van der Waals surface area contributed by atoms with Crippen LogP contribution in [-0.4, -0.2) is 37.9 Å². The van der Waals surface area contributed by atoms with Gasteiger partial charge in [-0.1, -0.05) is 36.8 Å². The minimum Gasteiger partial charge on any atom is -0.322 e. The highest BCUT2D eigenvalue weighted by Crippen LogP contribution is 2.36. The molecule has 2 aliphatic rings. The first-order valence-electron chi connectivity index (χ1n) is 11.3. The highest BCUT2D eigenvalue weighted by Gasteiger charge is 2.52. The van der Waals surface area contributed by atoms with Crippen LogP contribution < -0.4 is 16.3 Å². The lowest BCUT2D eigenvalue weighted by Crippen LogP contribution is -2.52. The minimum absolute atomic E-state index is 0.355. The normalized spacial score (nSPS) is 22.4. The third-order valence-corrected chi connectivity index (χ3v) is 7.65. The number of aromatic nitrogens is 2. The first-order chi connectivity index (χ1) is 16.3. The number of benzene rings is 1. The van der Waals surface area contributed by atoms with Crippen LogP contribution in [0.4, 0.5) is 4.79 Å². The second kappa shape index (κ2) is 8.35. The Morgan fingerprint density at radius 1 is 1.21 bits per heavy atom.